The predicted molar refractivity (Wildman–Crippen MR) is 55.6 cm³/mol. The summed E-state index contributed by atoms with van der Waals surface area (Å²) in [5, 5.41) is 0. The summed E-state index contributed by atoms with van der Waals surface area (Å²) in [5.41, 5.74) is 7.02. The molecule has 1 aromatic heterocycles. The molecule has 0 saturated carbocycles. The van der Waals surface area contributed by atoms with Gasteiger partial charge in [0.25, 0.3) is 0 Å². The van der Waals surface area contributed by atoms with E-state index < -0.39 is 0 Å². The first kappa shape index (κ1) is 10.1. The SMILES string of the molecule is CCCn1cnc(C(C)CC)c1N. The maximum atomic E-state index is 5.97. The third-order valence-corrected chi connectivity index (χ3v) is 2.45. The minimum Gasteiger partial charge on any atom is -0.384 e. The number of imidazole rings is 1. The molecule has 0 spiro atoms. The predicted octanol–water partition coefficient (Wildman–Crippen LogP) is 2.39. The van der Waals surface area contributed by atoms with Crippen molar-refractivity contribution >= 4 is 5.82 Å². The minimum absolute atomic E-state index is 0.470. The van der Waals surface area contributed by atoms with Crippen LogP contribution in [-0.4, -0.2) is 9.55 Å². The van der Waals surface area contributed by atoms with Crippen molar-refractivity contribution in [2.24, 2.45) is 0 Å². The molecule has 0 aromatic carbocycles. The van der Waals surface area contributed by atoms with Crippen LogP contribution in [0, 0.1) is 0 Å². The first-order valence-electron chi connectivity index (χ1n) is 5.01. The van der Waals surface area contributed by atoms with Crippen LogP contribution >= 0.6 is 0 Å². The highest BCUT2D eigenvalue weighted by Gasteiger charge is 2.12. The van der Waals surface area contributed by atoms with Crippen LogP contribution in [0.25, 0.3) is 0 Å². The third-order valence-electron chi connectivity index (χ3n) is 2.45. The van der Waals surface area contributed by atoms with Crippen molar-refractivity contribution in [3.05, 3.63) is 12.0 Å². The Hall–Kier alpha value is -0.990. The Bertz CT molecular complexity index is 265. The minimum atomic E-state index is 0.470. The van der Waals surface area contributed by atoms with Gasteiger partial charge in [-0.3, -0.25) is 0 Å². The van der Waals surface area contributed by atoms with Crippen LogP contribution < -0.4 is 5.73 Å². The van der Waals surface area contributed by atoms with Crippen molar-refractivity contribution in [2.75, 3.05) is 5.73 Å². The molecular formula is C10H19N3. The summed E-state index contributed by atoms with van der Waals surface area (Å²) < 4.78 is 2.03. The van der Waals surface area contributed by atoms with Crippen molar-refractivity contribution < 1.29 is 0 Å². The van der Waals surface area contributed by atoms with Crippen molar-refractivity contribution in [1.82, 2.24) is 9.55 Å². The van der Waals surface area contributed by atoms with Gasteiger partial charge >= 0.3 is 0 Å². The number of aromatic nitrogens is 2. The van der Waals surface area contributed by atoms with Crippen LogP contribution in [0.5, 0.6) is 0 Å². The largest absolute Gasteiger partial charge is 0.384 e. The Morgan fingerprint density at radius 3 is 2.77 bits per heavy atom. The number of rotatable bonds is 4. The van der Waals surface area contributed by atoms with E-state index in [9.17, 15) is 0 Å². The monoisotopic (exact) mass is 181 g/mol. The van der Waals surface area contributed by atoms with Gasteiger partial charge in [-0.05, 0) is 12.8 Å². The molecule has 0 amide bonds. The number of hydrogen-bond donors (Lipinski definition) is 1. The van der Waals surface area contributed by atoms with Gasteiger partial charge < -0.3 is 10.3 Å². The zero-order chi connectivity index (χ0) is 9.84. The lowest BCUT2D eigenvalue weighted by atomic mass is 10.1. The number of nitrogens with zero attached hydrogens (tertiary/aromatic N) is 2. The van der Waals surface area contributed by atoms with Gasteiger partial charge in [-0.1, -0.05) is 20.8 Å². The second-order valence-electron chi connectivity index (χ2n) is 3.52. The van der Waals surface area contributed by atoms with Gasteiger partial charge in [0.05, 0.1) is 12.0 Å². The van der Waals surface area contributed by atoms with Crippen molar-refractivity contribution in [3.8, 4) is 0 Å². The number of anilines is 1. The fraction of sp³-hybridized carbons (Fsp3) is 0.700. The Morgan fingerprint density at radius 2 is 2.23 bits per heavy atom. The molecule has 2 N–H and O–H groups in total. The molecule has 74 valence electrons. The fourth-order valence-electron chi connectivity index (χ4n) is 1.40. The van der Waals surface area contributed by atoms with E-state index in [-0.39, 0.29) is 0 Å². The maximum Gasteiger partial charge on any atom is 0.126 e. The van der Waals surface area contributed by atoms with Crippen LogP contribution in [0.4, 0.5) is 5.82 Å². The van der Waals surface area contributed by atoms with Gasteiger partial charge in [-0.15, -0.1) is 0 Å². The van der Waals surface area contributed by atoms with Crippen LogP contribution in [0.15, 0.2) is 6.33 Å². The van der Waals surface area contributed by atoms with Gasteiger partial charge in [-0.2, -0.15) is 0 Å². The number of nitrogens with two attached hydrogens (primary N) is 1. The first-order valence-corrected chi connectivity index (χ1v) is 5.01. The molecule has 0 aliphatic heterocycles. The Labute approximate surface area is 80.0 Å². The summed E-state index contributed by atoms with van der Waals surface area (Å²) in [6, 6.07) is 0. The lowest BCUT2D eigenvalue weighted by Gasteiger charge is -2.07. The molecule has 0 bridgehead atoms. The normalized spacial score (nSPS) is 13.2. The summed E-state index contributed by atoms with van der Waals surface area (Å²) >= 11 is 0. The lowest BCUT2D eigenvalue weighted by molar-refractivity contribution is 0.682. The molecule has 1 atom stereocenters. The Kier molecular flexibility index (Phi) is 3.34. The molecule has 3 nitrogen and oxygen atoms in total. The number of nitrogen functional groups attached to an aromatic ring is 1. The molecule has 0 aliphatic rings. The summed E-state index contributed by atoms with van der Waals surface area (Å²) in [6.07, 6.45) is 4.04. The zero-order valence-electron chi connectivity index (χ0n) is 8.75. The van der Waals surface area contributed by atoms with E-state index in [1.165, 1.54) is 0 Å². The smallest absolute Gasteiger partial charge is 0.126 e. The molecule has 0 fully saturated rings. The molecule has 13 heavy (non-hydrogen) atoms. The average molecular weight is 181 g/mol. The summed E-state index contributed by atoms with van der Waals surface area (Å²) in [6.45, 7) is 7.43. The van der Waals surface area contributed by atoms with Crippen LogP contribution in [0.3, 0.4) is 0 Å². The molecule has 1 unspecified atom stereocenters. The number of hydrogen-bond acceptors (Lipinski definition) is 2. The molecule has 0 radical (unpaired) electrons. The molecule has 0 aliphatic carbocycles. The van der Waals surface area contributed by atoms with E-state index in [1.54, 1.807) is 0 Å². The second-order valence-corrected chi connectivity index (χ2v) is 3.52. The summed E-state index contributed by atoms with van der Waals surface area (Å²) in [5.74, 6) is 1.31. The summed E-state index contributed by atoms with van der Waals surface area (Å²) in [4.78, 5) is 4.34. The van der Waals surface area contributed by atoms with E-state index in [1.807, 2.05) is 10.9 Å². The van der Waals surface area contributed by atoms with Crippen LogP contribution in [0.1, 0.15) is 45.2 Å². The maximum absolute atomic E-state index is 5.97. The topological polar surface area (TPSA) is 43.8 Å². The van der Waals surface area contributed by atoms with Gasteiger partial charge in [0, 0.05) is 12.5 Å². The lowest BCUT2D eigenvalue weighted by Crippen LogP contribution is -2.04. The van der Waals surface area contributed by atoms with E-state index in [4.69, 9.17) is 5.73 Å². The molecule has 1 heterocycles. The molecule has 3 heteroatoms. The Balaban J connectivity index is 2.85. The zero-order valence-corrected chi connectivity index (χ0v) is 8.75. The van der Waals surface area contributed by atoms with Crippen LogP contribution in [-0.2, 0) is 6.54 Å². The third kappa shape index (κ3) is 2.02. The van der Waals surface area contributed by atoms with E-state index in [0.29, 0.717) is 5.92 Å². The van der Waals surface area contributed by atoms with E-state index >= 15 is 0 Å². The number of aryl methyl sites for hydroxylation is 1. The molecule has 0 saturated heterocycles. The van der Waals surface area contributed by atoms with E-state index in [2.05, 4.69) is 25.8 Å². The highest BCUT2D eigenvalue weighted by Crippen LogP contribution is 2.22. The van der Waals surface area contributed by atoms with Gasteiger partial charge in [-0.25, -0.2) is 4.98 Å². The highest BCUT2D eigenvalue weighted by atomic mass is 15.1. The van der Waals surface area contributed by atoms with E-state index in [0.717, 1.165) is 30.9 Å². The second kappa shape index (κ2) is 4.30. The standard InChI is InChI=1S/C10H19N3/c1-4-6-13-7-12-9(10(13)11)8(3)5-2/h7-8H,4-6,11H2,1-3H3. The molecule has 1 aromatic rings. The summed E-state index contributed by atoms with van der Waals surface area (Å²) in [7, 11) is 0. The first-order chi connectivity index (χ1) is 6.20. The highest BCUT2D eigenvalue weighted by molar-refractivity contribution is 5.38. The fourth-order valence-corrected chi connectivity index (χ4v) is 1.40. The van der Waals surface area contributed by atoms with Crippen molar-refractivity contribution in [3.63, 3.8) is 0 Å². The Morgan fingerprint density at radius 1 is 1.54 bits per heavy atom. The molecule has 1 rings (SSSR count). The van der Waals surface area contributed by atoms with Crippen molar-refractivity contribution in [2.45, 2.75) is 46.1 Å². The molecular weight excluding hydrogens is 162 g/mol. The van der Waals surface area contributed by atoms with Gasteiger partial charge in [0.2, 0.25) is 0 Å². The average Bonchev–Trinajstić information content (AvgIpc) is 2.48. The van der Waals surface area contributed by atoms with Gasteiger partial charge in [0.15, 0.2) is 0 Å². The van der Waals surface area contributed by atoms with Crippen molar-refractivity contribution in [1.29, 1.82) is 0 Å². The van der Waals surface area contributed by atoms with Gasteiger partial charge in [0.1, 0.15) is 5.82 Å². The quantitative estimate of drug-likeness (QED) is 0.775. The van der Waals surface area contributed by atoms with Crippen LogP contribution in [0.2, 0.25) is 0 Å².